The van der Waals surface area contributed by atoms with E-state index in [1.807, 2.05) is 0 Å². The van der Waals surface area contributed by atoms with Crippen LogP contribution in [0.4, 0.5) is 0 Å². The molecule has 0 amide bonds. The first kappa shape index (κ1) is 16.0. The first-order chi connectivity index (χ1) is 9.63. The fourth-order valence-corrected chi connectivity index (χ4v) is 3.54. The van der Waals surface area contributed by atoms with Crippen LogP contribution in [0.15, 0.2) is 11.6 Å². The van der Waals surface area contributed by atoms with Gasteiger partial charge in [-0.3, -0.25) is 0 Å². The van der Waals surface area contributed by atoms with Crippen LogP contribution in [0.5, 0.6) is 0 Å². The number of nitrogens with zero attached hydrogens (tertiary/aromatic N) is 1. The van der Waals surface area contributed by atoms with Gasteiger partial charge in [-0.25, -0.2) is 0 Å². The summed E-state index contributed by atoms with van der Waals surface area (Å²) in [6, 6.07) is 0. The Labute approximate surface area is 124 Å². The number of piperidine rings is 1. The van der Waals surface area contributed by atoms with E-state index in [1.54, 1.807) is 0 Å². The lowest BCUT2D eigenvalue weighted by atomic mass is 9.77. The molecule has 116 valence electrons. The van der Waals surface area contributed by atoms with Gasteiger partial charge >= 0.3 is 0 Å². The molecule has 0 aromatic rings. The molecule has 1 N–H and O–H groups in total. The predicted molar refractivity (Wildman–Crippen MR) is 82.8 cm³/mol. The average molecular weight is 281 g/mol. The molecule has 0 spiro atoms. The standard InChI is InChI=1S/C17H31NO2/c1-15(2)4-8-17(14-19)7-3-9-18(13-17)12-16-5-10-20-11-6-16/h4,16,19H,3,5-14H2,1-2H3/t17-/m1/s1. The van der Waals surface area contributed by atoms with E-state index >= 15 is 0 Å². The Bertz CT molecular complexity index is 319. The van der Waals surface area contributed by atoms with Crippen molar-refractivity contribution in [1.29, 1.82) is 0 Å². The van der Waals surface area contributed by atoms with E-state index in [1.165, 1.54) is 37.9 Å². The van der Waals surface area contributed by atoms with Crippen molar-refractivity contribution in [2.75, 3.05) is 39.5 Å². The van der Waals surface area contributed by atoms with Crippen molar-refractivity contribution in [2.45, 2.75) is 46.0 Å². The van der Waals surface area contributed by atoms with Crippen LogP contribution in [0, 0.1) is 11.3 Å². The molecule has 20 heavy (non-hydrogen) atoms. The molecule has 0 unspecified atom stereocenters. The monoisotopic (exact) mass is 281 g/mol. The number of aliphatic hydroxyl groups excluding tert-OH is 1. The molecule has 0 aromatic carbocycles. The SMILES string of the molecule is CC(C)=CC[C@]1(CO)CCCN(CC2CCOCC2)C1. The Balaban J connectivity index is 1.89. The van der Waals surface area contributed by atoms with Crippen LogP contribution in [0.3, 0.4) is 0 Å². The van der Waals surface area contributed by atoms with Crippen LogP contribution in [0.1, 0.15) is 46.0 Å². The molecule has 2 rings (SSSR count). The Kier molecular flexibility index (Phi) is 6.06. The Morgan fingerprint density at radius 1 is 1.35 bits per heavy atom. The normalized spacial score (nSPS) is 29.4. The molecule has 3 heteroatoms. The van der Waals surface area contributed by atoms with Crippen LogP contribution in [-0.4, -0.2) is 49.5 Å². The number of ether oxygens (including phenoxy) is 1. The van der Waals surface area contributed by atoms with Gasteiger partial charge in [0, 0.05) is 31.7 Å². The highest BCUT2D eigenvalue weighted by molar-refractivity contribution is 5.00. The summed E-state index contributed by atoms with van der Waals surface area (Å²) in [5, 5.41) is 9.90. The average Bonchev–Trinajstić information content (AvgIpc) is 2.47. The summed E-state index contributed by atoms with van der Waals surface area (Å²) in [5.41, 5.74) is 1.46. The Morgan fingerprint density at radius 3 is 2.75 bits per heavy atom. The molecule has 2 aliphatic rings. The second kappa shape index (κ2) is 7.58. The highest BCUT2D eigenvalue weighted by atomic mass is 16.5. The van der Waals surface area contributed by atoms with Gasteiger partial charge in [-0.2, -0.15) is 0 Å². The first-order valence-electron chi connectivity index (χ1n) is 8.18. The maximum Gasteiger partial charge on any atom is 0.0502 e. The quantitative estimate of drug-likeness (QED) is 0.787. The molecule has 2 saturated heterocycles. The molecule has 2 aliphatic heterocycles. The molecular weight excluding hydrogens is 250 g/mol. The van der Waals surface area contributed by atoms with E-state index in [0.717, 1.165) is 38.5 Å². The van der Waals surface area contributed by atoms with Crippen LogP contribution in [0.2, 0.25) is 0 Å². The second-order valence-corrected chi connectivity index (χ2v) is 7.04. The fraction of sp³-hybridized carbons (Fsp3) is 0.882. The first-order valence-corrected chi connectivity index (χ1v) is 8.18. The lowest BCUT2D eigenvalue weighted by Crippen LogP contribution is -2.47. The molecule has 0 aromatic heterocycles. The Morgan fingerprint density at radius 2 is 2.10 bits per heavy atom. The summed E-state index contributed by atoms with van der Waals surface area (Å²) < 4.78 is 5.45. The zero-order chi connectivity index (χ0) is 14.4. The number of rotatable bonds is 5. The van der Waals surface area contributed by atoms with Crippen molar-refractivity contribution >= 4 is 0 Å². The lowest BCUT2D eigenvalue weighted by Gasteiger charge is -2.43. The zero-order valence-electron chi connectivity index (χ0n) is 13.2. The maximum absolute atomic E-state index is 9.90. The Hall–Kier alpha value is -0.380. The van der Waals surface area contributed by atoms with Crippen molar-refractivity contribution < 1.29 is 9.84 Å². The molecule has 2 fully saturated rings. The molecule has 0 bridgehead atoms. The molecule has 0 radical (unpaired) electrons. The molecule has 0 aliphatic carbocycles. The minimum absolute atomic E-state index is 0.0979. The summed E-state index contributed by atoms with van der Waals surface area (Å²) in [7, 11) is 0. The van der Waals surface area contributed by atoms with Crippen molar-refractivity contribution in [3.05, 3.63) is 11.6 Å². The van der Waals surface area contributed by atoms with E-state index in [0.29, 0.717) is 6.61 Å². The molecule has 3 nitrogen and oxygen atoms in total. The van der Waals surface area contributed by atoms with Gasteiger partial charge in [0.25, 0.3) is 0 Å². The lowest BCUT2D eigenvalue weighted by molar-refractivity contribution is 0.00853. The van der Waals surface area contributed by atoms with Crippen molar-refractivity contribution in [1.82, 2.24) is 4.90 Å². The van der Waals surface area contributed by atoms with Gasteiger partial charge < -0.3 is 14.7 Å². The van der Waals surface area contributed by atoms with Gasteiger partial charge in [0.2, 0.25) is 0 Å². The van der Waals surface area contributed by atoms with Crippen LogP contribution in [-0.2, 0) is 4.74 Å². The summed E-state index contributed by atoms with van der Waals surface area (Å²) in [6.07, 6.45) is 8.12. The molecule has 2 heterocycles. The van der Waals surface area contributed by atoms with Gasteiger partial charge in [0.05, 0.1) is 6.61 Å². The third kappa shape index (κ3) is 4.57. The zero-order valence-corrected chi connectivity index (χ0v) is 13.2. The second-order valence-electron chi connectivity index (χ2n) is 7.04. The van der Waals surface area contributed by atoms with E-state index < -0.39 is 0 Å². The number of aliphatic hydroxyl groups is 1. The van der Waals surface area contributed by atoms with E-state index in [4.69, 9.17) is 4.74 Å². The third-order valence-electron chi connectivity index (χ3n) is 4.88. The number of likely N-dealkylation sites (tertiary alicyclic amines) is 1. The van der Waals surface area contributed by atoms with Gasteiger partial charge in [-0.1, -0.05) is 11.6 Å². The predicted octanol–water partition coefficient (Wildman–Crippen LogP) is 2.84. The van der Waals surface area contributed by atoms with Gasteiger partial charge in [0.1, 0.15) is 0 Å². The summed E-state index contributed by atoms with van der Waals surface area (Å²) in [4.78, 5) is 2.59. The smallest absolute Gasteiger partial charge is 0.0502 e. The van der Waals surface area contributed by atoms with Crippen LogP contribution < -0.4 is 0 Å². The van der Waals surface area contributed by atoms with Crippen molar-refractivity contribution in [2.24, 2.45) is 11.3 Å². The minimum atomic E-state index is 0.0979. The number of hydrogen-bond acceptors (Lipinski definition) is 3. The minimum Gasteiger partial charge on any atom is -0.396 e. The topological polar surface area (TPSA) is 32.7 Å². The summed E-state index contributed by atoms with van der Waals surface area (Å²) >= 11 is 0. The van der Waals surface area contributed by atoms with Gasteiger partial charge in [-0.05, 0) is 58.4 Å². The van der Waals surface area contributed by atoms with Crippen molar-refractivity contribution in [3.8, 4) is 0 Å². The molecule has 0 saturated carbocycles. The van der Waals surface area contributed by atoms with Gasteiger partial charge in [-0.15, -0.1) is 0 Å². The number of hydrogen-bond donors (Lipinski definition) is 1. The highest BCUT2D eigenvalue weighted by Crippen LogP contribution is 2.34. The largest absolute Gasteiger partial charge is 0.396 e. The third-order valence-corrected chi connectivity index (χ3v) is 4.88. The van der Waals surface area contributed by atoms with E-state index in [-0.39, 0.29) is 5.41 Å². The fourth-order valence-electron chi connectivity index (χ4n) is 3.54. The molecule has 1 atom stereocenters. The van der Waals surface area contributed by atoms with Crippen molar-refractivity contribution in [3.63, 3.8) is 0 Å². The maximum atomic E-state index is 9.90. The van der Waals surface area contributed by atoms with Gasteiger partial charge in [0.15, 0.2) is 0 Å². The molecular formula is C17H31NO2. The summed E-state index contributed by atoms with van der Waals surface area (Å²) in [5.74, 6) is 0.793. The summed E-state index contributed by atoms with van der Waals surface area (Å²) in [6.45, 7) is 9.93. The van der Waals surface area contributed by atoms with E-state index in [9.17, 15) is 5.11 Å². The highest BCUT2D eigenvalue weighted by Gasteiger charge is 2.34. The van der Waals surface area contributed by atoms with E-state index in [2.05, 4.69) is 24.8 Å². The van der Waals surface area contributed by atoms with Crippen LogP contribution in [0.25, 0.3) is 0 Å². The van der Waals surface area contributed by atoms with Crippen LogP contribution >= 0.6 is 0 Å². The number of allylic oxidation sites excluding steroid dienone is 2.